The van der Waals surface area contributed by atoms with E-state index in [1.807, 2.05) is 34.5 Å². The average Bonchev–Trinajstić information content (AvgIpc) is 3.17. The van der Waals surface area contributed by atoms with Crippen LogP contribution in [0.3, 0.4) is 0 Å². The van der Waals surface area contributed by atoms with Gasteiger partial charge in [-0.2, -0.15) is 0 Å². The Balaban J connectivity index is 1.54. The second-order valence-corrected chi connectivity index (χ2v) is 7.37. The average molecular weight is 364 g/mol. The number of carbonyl (C=O) groups is 1. The van der Waals surface area contributed by atoms with E-state index in [0.717, 1.165) is 34.8 Å². The molecule has 3 aromatic rings. The standard InChI is InChI=1S/C21H20N2O2S/c1-14-3-5-16(6-4-14)20-22-19(13-26-20)21(24)23-10-9-15-7-8-18(25-2)11-17(15)12-23/h3-8,11,13H,9-10,12H2,1-2H3. The van der Waals surface area contributed by atoms with Crippen molar-refractivity contribution in [1.82, 2.24) is 9.88 Å². The second kappa shape index (κ2) is 6.92. The summed E-state index contributed by atoms with van der Waals surface area (Å²) in [4.78, 5) is 19.3. The van der Waals surface area contributed by atoms with Crippen molar-refractivity contribution in [3.63, 3.8) is 0 Å². The van der Waals surface area contributed by atoms with E-state index in [4.69, 9.17) is 4.74 Å². The summed E-state index contributed by atoms with van der Waals surface area (Å²) >= 11 is 1.51. The molecule has 1 aliphatic rings. The third kappa shape index (κ3) is 3.22. The van der Waals surface area contributed by atoms with E-state index in [-0.39, 0.29) is 5.91 Å². The van der Waals surface area contributed by atoms with E-state index >= 15 is 0 Å². The maximum absolute atomic E-state index is 12.9. The van der Waals surface area contributed by atoms with Crippen LogP contribution >= 0.6 is 11.3 Å². The van der Waals surface area contributed by atoms with Gasteiger partial charge in [0.2, 0.25) is 0 Å². The molecule has 0 N–H and O–H groups in total. The fourth-order valence-corrected chi connectivity index (χ4v) is 4.00. The minimum atomic E-state index is -0.00641. The number of nitrogens with zero attached hydrogens (tertiary/aromatic N) is 2. The lowest BCUT2D eigenvalue weighted by atomic mass is 9.99. The molecule has 0 fully saturated rings. The van der Waals surface area contributed by atoms with Gasteiger partial charge in [-0.05, 0) is 36.6 Å². The lowest BCUT2D eigenvalue weighted by Gasteiger charge is -2.28. The van der Waals surface area contributed by atoms with E-state index in [0.29, 0.717) is 12.2 Å². The molecule has 1 aliphatic heterocycles. The Morgan fingerprint density at radius 3 is 2.73 bits per heavy atom. The number of aromatic nitrogens is 1. The van der Waals surface area contributed by atoms with Crippen LogP contribution in [-0.2, 0) is 13.0 Å². The number of amides is 1. The van der Waals surface area contributed by atoms with Gasteiger partial charge in [-0.3, -0.25) is 4.79 Å². The van der Waals surface area contributed by atoms with Crippen LogP contribution in [0.1, 0.15) is 27.2 Å². The number of rotatable bonds is 3. The zero-order valence-corrected chi connectivity index (χ0v) is 15.7. The fraction of sp³-hybridized carbons (Fsp3) is 0.238. The molecule has 26 heavy (non-hydrogen) atoms. The van der Waals surface area contributed by atoms with Crippen LogP contribution in [-0.4, -0.2) is 29.4 Å². The highest BCUT2D eigenvalue weighted by molar-refractivity contribution is 7.13. The number of fused-ring (bicyclic) bond motifs is 1. The maximum Gasteiger partial charge on any atom is 0.273 e. The predicted molar refractivity (Wildman–Crippen MR) is 104 cm³/mol. The van der Waals surface area contributed by atoms with Gasteiger partial charge in [-0.1, -0.05) is 35.9 Å². The van der Waals surface area contributed by atoms with Crippen LogP contribution in [0.15, 0.2) is 47.8 Å². The molecule has 0 radical (unpaired) electrons. The van der Waals surface area contributed by atoms with Crippen molar-refractivity contribution in [3.05, 3.63) is 70.2 Å². The number of ether oxygens (including phenoxy) is 1. The molecule has 132 valence electrons. The first-order valence-electron chi connectivity index (χ1n) is 8.61. The Morgan fingerprint density at radius 2 is 1.96 bits per heavy atom. The van der Waals surface area contributed by atoms with E-state index in [2.05, 4.69) is 30.1 Å². The summed E-state index contributed by atoms with van der Waals surface area (Å²) in [6.07, 6.45) is 0.861. The van der Waals surface area contributed by atoms with Crippen LogP contribution in [0.2, 0.25) is 0 Å². The molecule has 0 aliphatic carbocycles. The van der Waals surface area contributed by atoms with Gasteiger partial charge in [0.15, 0.2) is 0 Å². The number of benzene rings is 2. The Kier molecular flexibility index (Phi) is 4.47. The molecular weight excluding hydrogens is 344 g/mol. The smallest absolute Gasteiger partial charge is 0.273 e. The van der Waals surface area contributed by atoms with E-state index in [9.17, 15) is 4.79 Å². The molecule has 0 spiro atoms. The number of aryl methyl sites for hydroxylation is 1. The van der Waals surface area contributed by atoms with Crippen LogP contribution in [0.5, 0.6) is 5.75 Å². The number of carbonyl (C=O) groups excluding carboxylic acids is 1. The predicted octanol–water partition coefficient (Wildman–Crippen LogP) is 4.33. The number of thiazole rings is 1. The van der Waals surface area contributed by atoms with Crippen molar-refractivity contribution < 1.29 is 9.53 Å². The van der Waals surface area contributed by atoms with E-state index < -0.39 is 0 Å². The molecule has 0 unspecified atom stereocenters. The molecule has 4 rings (SSSR count). The highest BCUT2D eigenvalue weighted by atomic mass is 32.1. The van der Waals surface area contributed by atoms with Crippen LogP contribution in [0.4, 0.5) is 0 Å². The lowest BCUT2D eigenvalue weighted by Crippen LogP contribution is -2.36. The molecule has 5 heteroatoms. The molecule has 0 saturated carbocycles. The van der Waals surface area contributed by atoms with Crippen LogP contribution < -0.4 is 4.74 Å². The summed E-state index contributed by atoms with van der Waals surface area (Å²) in [7, 11) is 1.66. The fourth-order valence-electron chi connectivity index (χ4n) is 3.20. The van der Waals surface area contributed by atoms with Crippen molar-refractivity contribution in [3.8, 4) is 16.3 Å². The molecule has 0 saturated heterocycles. The number of hydrogen-bond acceptors (Lipinski definition) is 4. The minimum absolute atomic E-state index is 0.00641. The Labute approximate surface area is 157 Å². The first kappa shape index (κ1) is 16.8. The zero-order valence-electron chi connectivity index (χ0n) is 14.9. The Morgan fingerprint density at radius 1 is 1.15 bits per heavy atom. The van der Waals surface area contributed by atoms with Crippen LogP contribution in [0.25, 0.3) is 10.6 Å². The van der Waals surface area contributed by atoms with Crippen LogP contribution in [0, 0.1) is 6.92 Å². The number of hydrogen-bond donors (Lipinski definition) is 0. The highest BCUT2D eigenvalue weighted by Crippen LogP contribution is 2.27. The summed E-state index contributed by atoms with van der Waals surface area (Å²) in [6.45, 7) is 3.38. The third-order valence-corrected chi connectivity index (χ3v) is 5.63. The first-order chi connectivity index (χ1) is 12.6. The first-order valence-corrected chi connectivity index (χ1v) is 9.49. The third-order valence-electron chi connectivity index (χ3n) is 4.73. The molecule has 1 amide bonds. The van der Waals surface area contributed by atoms with Crippen molar-refractivity contribution in [2.24, 2.45) is 0 Å². The summed E-state index contributed by atoms with van der Waals surface area (Å²) in [5, 5.41) is 2.74. The van der Waals surface area contributed by atoms with Gasteiger partial charge in [0.25, 0.3) is 5.91 Å². The van der Waals surface area contributed by atoms with Crippen molar-refractivity contribution >= 4 is 17.2 Å². The molecule has 2 heterocycles. The second-order valence-electron chi connectivity index (χ2n) is 6.52. The SMILES string of the molecule is COc1ccc2c(c1)CN(C(=O)c1csc(-c3ccc(C)cc3)n1)CC2. The quantitative estimate of drug-likeness (QED) is 0.695. The minimum Gasteiger partial charge on any atom is -0.497 e. The lowest BCUT2D eigenvalue weighted by molar-refractivity contribution is 0.0729. The molecule has 0 atom stereocenters. The Bertz CT molecular complexity index is 947. The highest BCUT2D eigenvalue weighted by Gasteiger charge is 2.24. The van der Waals surface area contributed by atoms with Gasteiger partial charge in [-0.15, -0.1) is 11.3 Å². The topological polar surface area (TPSA) is 42.4 Å². The van der Waals surface area contributed by atoms with Gasteiger partial charge in [0, 0.05) is 24.0 Å². The summed E-state index contributed by atoms with van der Waals surface area (Å²) in [6, 6.07) is 14.3. The van der Waals surface area contributed by atoms with E-state index in [1.165, 1.54) is 22.5 Å². The largest absolute Gasteiger partial charge is 0.497 e. The van der Waals surface area contributed by atoms with Gasteiger partial charge in [-0.25, -0.2) is 4.98 Å². The monoisotopic (exact) mass is 364 g/mol. The van der Waals surface area contributed by atoms with Gasteiger partial charge >= 0.3 is 0 Å². The summed E-state index contributed by atoms with van der Waals surface area (Å²) < 4.78 is 5.31. The maximum atomic E-state index is 12.9. The van der Waals surface area contributed by atoms with Crippen molar-refractivity contribution in [2.75, 3.05) is 13.7 Å². The van der Waals surface area contributed by atoms with Gasteiger partial charge in [0.1, 0.15) is 16.5 Å². The van der Waals surface area contributed by atoms with Gasteiger partial charge in [0.05, 0.1) is 7.11 Å². The number of methoxy groups -OCH3 is 1. The zero-order chi connectivity index (χ0) is 18.1. The van der Waals surface area contributed by atoms with E-state index in [1.54, 1.807) is 7.11 Å². The van der Waals surface area contributed by atoms with Crippen molar-refractivity contribution in [2.45, 2.75) is 19.9 Å². The molecule has 0 bridgehead atoms. The summed E-state index contributed by atoms with van der Waals surface area (Å²) in [5.74, 6) is 0.821. The molecular formula is C21H20N2O2S. The molecule has 4 nitrogen and oxygen atoms in total. The van der Waals surface area contributed by atoms with Crippen molar-refractivity contribution in [1.29, 1.82) is 0 Å². The Hall–Kier alpha value is -2.66. The summed E-state index contributed by atoms with van der Waals surface area (Å²) in [5.41, 5.74) is 5.22. The van der Waals surface area contributed by atoms with Gasteiger partial charge < -0.3 is 9.64 Å². The molecule has 1 aromatic heterocycles. The normalized spacial score (nSPS) is 13.4. The molecule has 2 aromatic carbocycles.